The van der Waals surface area contributed by atoms with Gasteiger partial charge in [-0.1, -0.05) is 0 Å². The van der Waals surface area contributed by atoms with Crippen molar-refractivity contribution in [2.24, 2.45) is 0 Å². The first-order chi connectivity index (χ1) is 7.59. The van der Waals surface area contributed by atoms with Crippen LogP contribution in [0.5, 0.6) is 0 Å². The maximum Gasteiger partial charge on any atom is 0.355 e. The summed E-state index contributed by atoms with van der Waals surface area (Å²) in [6.45, 7) is 3.58. The number of hydrogen-bond acceptors (Lipinski definition) is 5. The van der Waals surface area contributed by atoms with Crippen LogP contribution in [-0.2, 0) is 4.74 Å². The molecule has 1 aliphatic rings. The van der Waals surface area contributed by atoms with Gasteiger partial charge in [-0.2, -0.15) is 0 Å². The lowest BCUT2D eigenvalue weighted by atomic mass is 9.93. The van der Waals surface area contributed by atoms with Crippen LogP contribution >= 0.6 is 11.3 Å². The van der Waals surface area contributed by atoms with Gasteiger partial charge in [-0.3, -0.25) is 0 Å². The van der Waals surface area contributed by atoms with Crippen molar-refractivity contribution in [2.45, 2.75) is 25.3 Å². The third-order valence-corrected chi connectivity index (χ3v) is 3.49. The van der Waals surface area contributed by atoms with Crippen LogP contribution < -0.4 is 5.32 Å². The quantitative estimate of drug-likeness (QED) is 0.846. The van der Waals surface area contributed by atoms with Gasteiger partial charge < -0.3 is 15.2 Å². The van der Waals surface area contributed by atoms with E-state index < -0.39 is 5.97 Å². The zero-order valence-electron chi connectivity index (χ0n) is 9.02. The van der Waals surface area contributed by atoms with Gasteiger partial charge in [0, 0.05) is 24.1 Å². The summed E-state index contributed by atoms with van der Waals surface area (Å²) in [6.07, 6.45) is 1.82. The summed E-state index contributed by atoms with van der Waals surface area (Å²) in [5.41, 5.74) is 0.0643. The highest BCUT2D eigenvalue weighted by Gasteiger charge is 2.28. The average Bonchev–Trinajstić information content (AvgIpc) is 2.66. The van der Waals surface area contributed by atoms with Crippen molar-refractivity contribution in [2.75, 3.05) is 18.5 Å². The van der Waals surface area contributed by atoms with Crippen LogP contribution in [0.1, 0.15) is 30.3 Å². The SMILES string of the molecule is CC1(Nc2nc(C(=O)O)cs2)CCOCC1. The van der Waals surface area contributed by atoms with Gasteiger partial charge >= 0.3 is 5.97 Å². The molecule has 1 saturated heterocycles. The second-order valence-corrected chi connectivity index (χ2v) is 5.00. The van der Waals surface area contributed by atoms with Crippen LogP contribution in [0.2, 0.25) is 0 Å². The number of ether oxygens (including phenoxy) is 1. The largest absolute Gasteiger partial charge is 0.476 e. The van der Waals surface area contributed by atoms with Gasteiger partial charge in [-0.15, -0.1) is 11.3 Å². The Kier molecular flexibility index (Phi) is 3.11. The lowest BCUT2D eigenvalue weighted by molar-refractivity contribution is 0.0655. The summed E-state index contributed by atoms with van der Waals surface area (Å²) in [5.74, 6) is -0.985. The number of rotatable bonds is 3. The van der Waals surface area contributed by atoms with Crippen LogP contribution in [-0.4, -0.2) is 34.8 Å². The van der Waals surface area contributed by atoms with Gasteiger partial charge in [0.1, 0.15) is 0 Å². The molecule has 6 heteroatoms. The monoisotopic (exact) mass is 242 g/mol. The van der Waals surface area contributed by atoms with Gasteiger partial charge in [0.2, 0.25) is 0 Å². The van der Waals surface area contributed by atoms with E-state index in [1.807, 2.05) is 0 Å². The van der Waals surface area contributed by atoms with E-state index in [9.17, 15) is 4.79 Å². The fourth-order valence-corrected chi connectivity index (χ4v) is 2.47. The fraction of sp³-hybridized carbons (Fsp3) is 0.600. The van der Waals surface area contributed by atoms with E-state index in [0.29, 0.717) is 5.13 Å². The number of hydrogen-bond donors (Lipinski definition) is 2. The molecule has 88 valence electrons. The highest BCUT2D eigenvalue weighted by atomic mass is 32.1. The molecular formula is C10H14N2O3S. The number of anilines is 1. The predicted octanol–water partition coefficient (Wildman–Crippen LogP) is 1.82. The number of thiazole rings is 1. The molecule has 2 heterocycles. The smallest absolute Gasteiger partial charge is 0.355 e. The molecule has 1 aliphatic heterocycles. The van der Waals surface area contributed by atoms with Crippen LogP contribution in [0.25, 0.3) is 0 Å². The first kappa shape index (κ1) is 11.3. The number of aromatic nitrogens is 1. The van der Waals surface area contributed by atoms with Gasteiger partial charge in [0.05, 0.1) is 0 Å². The zero-order valence-corrected chi connectivity index (χ0v) is 9.84. The minimum Gasteiger partial charge on any atom is -0.476 e. The molecule has 16 heavy (non-hydrogen) atoms. The summed E-state index contributed by atoms with van der Waals surface area (Å²) in [4.78, 5) is 14.7. The minimum atomic E-state index is -0.985. The molecule has 0 spiro atoms. The van der Waals surface area contributed by atoms with Crippen molar-refractivity contribution in [3.8, 4) is 0 Å². The molecule has 5 nitrogen and oxygen atoms in total. The van der Waals surface area contributed by atoms with E-state index in [4.69, 9.17) is 9.84 Å². The van der Waals surface area contributed by atoms with Crippen LogP contribution in [0.3, 0.4) is 0 Å². The molecule has 0 aromatic carbocycles. The summed E-state index contributed by atoms with van der Waals surface area (Å²) >= 11 is 1.33. The average molecular weight is 242 g/mol. The molecule has 0 amide bonds. The first-order valence-electron chi connectivity index (χ1n) is 5.14. The minimum absolute atomic E-state index is 0.0358. The molecule has 0 saturated carbocycles. The van der Waals surface area contributed by atoms with Crippen molar-refractivity contribution < 1.29 is 14.6 Å². The Labute approximate surface area is 97.5 Å². The molecule has 1 fully saturated rings. The van der Waals surface area contributed by atoms with E-state index in [1.165, 1.54) is 11.3 Å². The Balaban J connectivity index is 2.04. The molecule has 0 atom stereocenters. The van der Waals surface area contributed by atoms with Gasteiger partial charge in [-0.25, -0.2) is 9.78 Å². The first-order valence-corrected chi connectivity index (χ1v) is 6.02. The second kappa shape index (κ2) is 4.39. The molecule has 2 N–H and O–H groups in total. The molecule has 0 bridgehead atoms. The zero-order chi connectivity index (χ0) is 11.6. The Morgan fingerprint density at radius 2 is 2.31 bits per heavy atom. The number of carbonyl (C=O) groups is 1. The summed E-state index contributed by atoms with van der Waals surface area (Å²) < 4.78 is 5.29. The number of nitrogens with zero attached hydrogens (tertiary/aromatic N) is 1. The Morgan fingerprint density at radius 3 is 2.88 bits per heavy atom. The van der Waals surface area contributed by atoms with E-state index in [0.717, 1.165) is 26.1 Å². The maximum atomic E-state index is 10.7. The molecule has 2 rings (SSSR count). The lowest BCUT2D eigenvalue weighted by Crippen LogP contribution is -2.40. The molecule has 1 aromatic rings. The molecule has 1 aromatic heterocycles. The predicted molar refractivity (Wildman–Crippen MR) is 61.2 cm³/mol. The second-order valence-electron chi connectivity index (χ2n) is 4.14. The number of carboxylic acid groups (broad SMARTS) is 1. The Morgan fingerprint density at radius 1 is 1.62 bits per heavy atom. The van der Waals surface area contributed by atoms with E-state index in [-0.39, 0.29) is 11.2 Å². The fourth-order valence-electron chi connectivity index (χ4n) is 1.63. The molecular weight excluding hydrogens is 228 g/mol. The van der Waals surface area contributed by atoms with Crippen molar-refractivity contribution in [1.82, 2.24) is 4.98 Å². The number of nitrogens with one attached hydrogen (secondary N) is 1. The normalized spacial score (nSPS) is 19.3. The van der Waals surface area contributed by atoms with Crippen molar-refractivity contribution >= 4 is 22.4 Å². The van der Waals surface area contributed by atoms with Gasteiger partial charge in [-0.05, 0) is 19.8 Å². The molecule has 0 aliphatic carbocycles. The van der Waals surface area contributed by atoms with Crippen molar-refractivity contribution in [3.05, 3.63) is 11.1 Å². The standard InChI is InChI=1S/C10H14N2O3S/c1-10(2-4-15-5-3-10)12-9-11-7(6-16-9)8(13)14/h6H,2-5H2,1H3,(H,11,12)(H,13,14). The lowest BCUT2D eigenvalue weighted by Gasteiger charge is -2.34. The highest BCUT2D eigenvalue weighted by molar-refractivity contribution is 7.13. The number of carboxylic acids is 1. The summed E-state index contributed by atoms with van der Waals surface area (Å²) in [7, 11) is 0. The van der Waals surface area contributed by atoms with Gasteiger partial charge in [0.15, 0.2) is 10.8 Å². The number of aromatic carboxylic acids is 1. The van der Waals surface area contributed by atoms with Crippen molar-refractivity contribution in [1.29, 1.82) is 0 Å². The maximum absolute atomic E-state index is 10.7. The van der Waals surface area contributed by atoms with Crippen LogP contribution in [0, 0.1) is 0 Å². The molecule has 0 radical (unpaired) electrons. The topological polar surface area (TPSA) is 71.5 Å². The van der Waals surface area contributed by atoms with Crippen LogP contribution in [0.15, 0.2) is 5.38 Å². The van der Waals surface area contributed by atoms with E-state index in [2.05, 4.69) is 17.2 Å². The van der Waals surface area contributed by atoms with E-state index in [1.54, 1.807) is 5.38 Å². The van der Waals surface area contributed by atoms with E-state index >= 15 is 0 Å². The third-order valence-electron chi connectivity index (χ3n) is 2.73. The summed E-state index contributed by atoms with van der Waals surface area (Å²) in [6, 6.07) is 0. The third kappa shape index (κ3) is 2.51. The Hall–Kier alpha value is -1.14. The highest BCUT2D eigenvalue weighted by Crippen LogP contribution is 2.27. The Bertz CT molecular complexity index is 385. The molecule has 0 unspecified atom stereocenters. The summed E-state index contributed by atoms with van der Waals surface area (Å²) in [5, 5.41) is 14.3. The van der Waals surface area contributed by atoms with Crippen molar-refractivity contribution in [3.63, 3.8) is 0 Å². The van der Waals surface area contributed by atoms with Gasteiger partial charge in [0.25, 0.3) is 0 Å². The van der Waals surface area contributed by atoms with Crippen LogP contribution in [0.4, 0.5) is 5.13 Å².